The molecule has 0 aliphatic carbocycles. The van der Waals surface area contributed by atoms with Crippen molar-refractivity contribution in [3.05, 3.63) is 71.8 Å². The fourth-order valence-electron chi connectivity index (χ4n) is 2.79. The van der Waals surface area contributed by atoms with E-state index in [-0.39, 0.29) is 0 Å². The molecule has 0 unspecified atom stereocenters. The second kappa shape index (κ2) is 5.22. The molecule has 2 aromatic rings. The molecule has 2 aromatic carbocycles. The van der Waals surface area contributed by atoms with Gasteiger partial charge in [-0.2, -0.15) is 0 Å². The van der Waals surface area contributed by atoms with E-state index in [1.54, 1.807) is 0 Å². The lowest BCUT2D eigenvalue weighted by Crippen LogP contribution is -1.93. The predicted octanol–water partition coefficient (Wildman–Crippen LogP) is 4.65. The Hall–Kier alpha value is -1.17. The smallest absolute Gasteiger partial charge is 0.0404 e. The highest BCUT2D eigenvalue weighted by atomic mass is 31.1. The summed E-state index contributed by atoms with van der Waals surface area (Å²) in [5.74, 6) is 0. The minimum absolute atomic E-state index is 0.353. The summed E-state index contributed by atoms with van der Waals surface area (Å²) >= 11 is 0. The Morgan fingerprint density at radius 2 is 1.11 bits per heavy atom. The van der Waals surface area contributed by atoms with Crippen LogP contribution in [0.1, 0.15) is 35.3 Å². The van der Waals surface area contributed by atoms with E-state index in [1.807, 2.05) is 12.1 Å². The van der Waals surface area contributed by atoms with Crippen LogP contribution in [0, 0.1) is 0 Å². The molecule has 0 aromatic heterocycles. The molecule has 0 radical (unpaired) electrons. The average molecular weight is 256 g/mol. The molecule has 1 aliphatic heterocycles. The Morgan fingerprint density at radius 1 is 0.722 bits per heavy atom. The van der Waals surface area contributed by atoms with Gasteiger partial charge in [0.05, 0.1) is 0 Å². The summed E-state index contributed by atoms with van der Waals surface area (Å²) in [6.45, 7) is 0. The highest BCUT2D eigenvalue weighted by Gasteiger charge is 2.36. The van der Waals surface area contributed by atoms with Crippen molar-refractivity contribution < 1.29 is 4.89 Å². The molecule has 0 amide bonds. The van der Waals surface area contributed by atoms with Crippen LogP contribution in [-0.4, -0.2) is 4.89 Å². The first-order valence-corrected chi connectivity index (χ1v) is 7.86. The van der Waals surface area contributed by atoms with E-state index in [2.05, 4.69) is 48.5 Å². The zero-order valence-corrected chi connectivity index (χ0v) is 11.1. The monoisotopic (exact) mass is 256 g/mol. The second-order valence-corrected chi connectivity index (χ2v) is 6.82. The van der Waals surface area contributed by atoms with Crippen LogP contribution in [0.2, 0.25) is 0 Å². The minimum Gasteiger partial charge on any atom is -0.373 e. The SMILES string of the molecule is OP1[C@H](c2ccccc2)CC[C@H]1c1ccccc1. The van der Waals surface area contributed by atoms with Gasteiger partial charge in [0.2, 0.25) is 0 Å². The topological polar surface area (TPSA) is 20.2 Å². The van der Waals surface area contributed by atoms with Gasteiger partial charge in [-0.05, 0) is 24.0 Å². The van der Waals surface area contributed by atoms with Crippen LogP contribution in [0.5, 0.6) is 0 Å². The Morgan fingerprint density at radius 3 is 1.50 bits per heavy atom. The van der Waals surface area contributed by atoms with Crippen molar-refractivity contribution in [3.8, 4) is 0 Å². The van der Waals surface area contributed by atoms with Crippen LogP contribution in [0.4, 0.5) is 0 Å². The molecule has 1 fully saturated rings. The van der Waals surface area contributed by atoms with Gasteiger partial charge in [0, 0.05) is 19.5 Å². The molecule has 1 aliphatic rings. The Labute approximate surface area is 109 Å². The van der Waals surface area contributed by atoms with Crippen molar-refractivity contribution in [2.75, 3.05) is 0 Å². The summed E-state index contributed by atoms with van der Waals surface area (Å²) in [5, 5.41) is 0. The molecule has 0 bridgehead atoms. The first-order chi connectivity index (χ1) is 8.86. The summed E-state index contributed by atoms with van der Waals surface area (Å²) in [6, 6.07) is 20.9. The van der Waals surface area contributed by atoms with Crippen LogP contribution in [0.25, 0.3) is 0 Å². The van der Waals surface area contributed by atoms with Crippen molar-refractivity contribution >= 4 is 8.15 Å². The van der Waals surface area contributed by atoms with Crippen LogP contribution in [0.15, 0.2) is 60.7 Å². The average Bonchev–Trinajstić information content (AvgIpc) is 2.83. The molecule has 92 valence electrons. The van der Waals surface area contributed by atoms with E-state index < -0.39 is 8.15 Å². The van der Waals surface area contributed by atoms with Gasteiger partial charge >= 0.3 is 0 Å². The Kier molecular flexibility index (Phi) is 3.45. The number of benzene rings is 2. The predicted molar refractivity (Wildman–Crippen MR) is 76.7 cm³/mol. The number of rotatable bonds is 2. The molecule has 0 saturated carbocycles. The van der Waals surface area contributed by atoms with Gasteiger partial charge in [-0.15, -0.1) is 0 Å². The maximum Gasteiger partial charge on any atom is 0.0404 e. The molecule has 2 atom stereocenters. The lowest BCUT2D eigenvalue weighted by molar-refractivity contribution is 0.609. The molecular formula is C16H17OP. The molecule has 1 saturated heterocycles. The fourth-order valence-corrected chi connectivity index (χ4v) is 5.00. The number of hydrogen-bond donors (Lipinski definition) is 1. The Bertz CT molecular complexity index is 450. The van der Waals surface area contributed by atoms with E-state index in [0.29, 0.717) is 11.3 Å². The van der Waals surface area contributed by atoms with E-state index in [4.69, 9.17) is 0 Å². The van der Waals surface area contributed by atoms with Gasteiger partial charge in [-0.25, -0.2) is 0 Å². The maximum absolute atomic E-state index is 10.6. The Balaban J connectivity index is 1.83. The molecule has 2 heteroatoms. The highest BCUT2D eigenvalue weighted by molar-refractivity contribution is 7.52. The third-order valence-electron chi connectivity index (χ3n) is 3.72. The lowest BCUT2D eigenvalue weighted by Gasteiger charge is -2.20. The maximum atomic E-state index is 10.6. The van der Waals surface area contributed by atoms with Crippen LogP contribution >= 0.6 is 8.15 Å². The van der Waals surface area contributed by atoms with Gasteiger partial charge < -0.3 is 4.89 Å². The third kappa shape index (κ3) is 2.21. The molecule has 0 spiro atoms. The summed E-state index contributed by atoms with van der Waals surface area (Å²) < 4.78 is 0. The first kappa shape index (κ1) is 11.9. The van der Waals surface area contributed by atoms with E-state index in [1.165, 1.54) is 11.1 Å². The molecule has 1 N–H and O–H groups in total. The number of hydrogen-bond acceptors (Lipinski definition) is 1. The summed E-state index contributed by atoms with van der Waals surface area (Å²) in [7, 11) is -0.944. The van der Waals surface area contributed by atoms with Crippen molar-refractivity contribution in [1.82, 2.24) is 0 Å². The van der Waals surface area contributed by atoms with Gasteiger partial charge in [0.15, 0.2) is 0 Å². The van der Waals surface area contributed by atoms with Crippen LogP contribution in [-0.2, 0) is 0 Å². The van der Waals surface area contributed by atoms with Gasteiger partial charge in [0.1, 0.15) is 0 Å². The standard InChI is InChI=1S/C16H17OP/c17-18-15(13-7-3-1-4-8-13)11-12-16(18)14-9-5-2-6-10-14/h1-10,15-17H,11-12H2/t15-,16-/m0/s1. The van der Waals surface area contributed by atoms with Crippen molar-refractivity contribution in [3.63, 3.8) is 0 Å². The third-order valence-corrected chi connectivity index (χ3v) is 6.11. The minimum atomic E-state index is -0.944. The zero-order valence-electron chi connectivity index (χ0n) is 10.2. The normalized spacial score (nSPS) is 24.3. The summed E-state index contributed by atoms with van der Waals surface area (Å²) in [5.41, 5.74) is 3.30. The van der Waals surface area contributed by atoms with Crippen molar-refractivity contribution in [2.45, 2.75) is 24.2 Å². The quantitative estimate of drug-likeness (QED) is 0.775. The second-order valence-electron chi connectivity index (χ2n) is 4.81. The zero-order chi connectivity index (χ0) is 12.4. The van der Waals surface area contributed by atoms with Crippen LogP contribution in [0.3, 0.4) is 0 Å². The van der Waals surface area contributed by atoms with Gasteiger partial charge in [-0.3, -0.25) is 0 Å². The molecule has 1 nitrogen and oxygen atoms in total. The van der Waals surface area contributed by atoms with E-state index >= 15 is 0 Å². The van der Waals surface area contributed by atoms with Gasteiger partial charge in [0.25, 0.3) is 0 Å². The van der Waals surface area contributed by atoms with E-state index in [9.17, 15) is 4.89 Å². The fraction of sp³-hybridized carbons (Fsp3) is 0.250. The molecular weight excluding hydrogens is 239 g/mol. The first-order valence-electron chi connectivity index (χ1n) is 6.43. The van der Waals surface area contributed by atoms with Crippen LogP contribution < -0.4 is 0 Å². The summed E-state index contributed by atoms with van der Waals surface area (Å²) in [6.07, 6.45) is 2.21. The largest absolute Gasteiger partial charge is 0.373 e. The van der Waals surface area contributed by atoms with E-state index in [0.717, 1.165) is 12.8 Å². The molecule has 1 heterocycles. The summed E-state index contributed by atoms with van der Waals surface area (Å²) in [4.78, 5) is 10.6. The van der Waals surface area contributed by atoms with Crippen molar-refractivity contribution in [2.24, 2.45) is 0 Å². The highest BCUT2D eigenvalue weighted by Crippen LogP contribution is 2.67. The molecule has 18 heavy (non-hydrogen) atoms. The van der Waals surface area contributed by atoms with Gasteiger partial charge in [-0.1, -0.05) is 60.7 Å². The van der Waals surface area contributed by atoms with Crippen molar-refractivity contribution in [1.29, 1.82) is 0 Å². The molecule has 3 rings (SSSR count). The lowest BCUT2D eigenvalue weighted by atomic mass is 10.0.